The zero-order valence-electron chi connectivity index (χ0n) is 15.3. The highest BCUT2D eigenvalue weighted by Crippen LogP contribution is 2.23. The third-order valence-corrected chi connectivity index (χ3v) is 4.22. The van der Waals surface area contributed by atoms with Crippen molar-refractivity contribution >= 4 is 34.7 Å². The van der Waals surface area contributed by atoms with Crippen LogP contribution in [0.1, 0.15) is 24.5 Å². The monoisotopic (exact) mass is 398 g/mol. The molecule has 1 heterocycles. The largest absolute Gasteiger partial charge is 0.484 e. The molecule has 6 nitrogen and oxygen atoms in total. The van der Waals surface area contributed by atoms with Crippen molar-refractivity contribution in [2.45, 2.75) is 19.8 Å². The van der Waals surface area contributed by atoms with Crippen LogP contribution >= 0.6 is 11.6 Å². The van der Waals surface area contributed by atoms with Crippen LogP contribution in [0.4, 0.5) is 0 Å². The van der Waals surface area contributed by atoms with E-state index >= 15 is 0 Å². The summed E-state index contributed by atoms with van der Waals surface area (Å²) in [6, 6.07) is 13.7. The van der Waals surface area contributed by atoms with Crippen LogP contribution in [-0.2, 0) is 11.2 Å². The number of carbonyl (C=O) groups excluding carboxylic acids is 1. The lowest BCUT2D eigenvalue weighted by molar-refractivity contribution is -0.123. The van der Waals surface area contributed by atoms with Crippen LogP contribution in [0.5, 0.6) is 5.75 Å². The van der Waals surface area contributed by atoms with Gasteiger partial charge in [-0.15, -0.1) is 0 Å². The first kappa shape index (κ1) is 19.6. The van der Waals surface area contributed by atoms with Crippen LogP contribution in [0, 0.1) is 0 Å². The number of ether oxygens (including phenoxy) is 1. The lowest BCUT2D eigenvalue weighted by Crippen LogP contribution is -2.24. The summed E-state index contributed by atoms with van der Waals surface area (Å²) in [5.74, 6) is 0.0210. The minimum atomic E-state index is -0.411. The zero-order chi connectivity index (χ0) is 19.9. The third kappa shape index (κ3) is 5.20. The Morgan fingerprint density at radius 3 is 2.75 bits per heavy atom. The standard InChI is InChI=1S/C21H19ClN2O4/c1-2-3-15-10-21(26)28-19-11-17(8-9-18(15)19)27-13-20(25)24-23-12-14-4-6-16(22)7-5-14/h4-12H,2-3,13H2,1H3,(H,24,25)/b23-12-. The average Bonchev–Trinajstić information content (AvgIpc) is 2.68. The van der Waals surface area contributed by atoms with E-state index < -0.39 is 11.5 Å². The van der Waals surface area contributed by atoms with Crippen LogP contribution in [0.25, 0.3) is 11.0 Å². The second-order valence-electron chi connectivity index (χ2n) is 6.13. The number of aryl methyl sites for hydroxylation is 1. The fourth-order valence-electron chi connectivity index (χ4n) is 2.69. The number of rotatable bonds is 7. The van der Waals surface area contributed by atoms with E-state index in [2.05, 4.69) is 10.5 Å². The van der Waals surface area contributed by atoms with E-state index in [0.29, 0.717) is 16.4 Å². The maximum Gasteiger partial charge on any atom is 0.336 e. The summed E-state index contributed by atoms with van der Waals surface area (Å²) in [6.45, 7) is 1.83. The van der Waals surface area contributed by atoms with Crippen molar-refractivity contribution < 1.29 is 13.9 Å². The Morgan fingerprint density at radius 1 is 1.21 bits per heavy atom. The number of amides is 1. The molecule has 1 N–H and O–H groups in total. The zero-order valence-corrected chi connectivity index (χ0v) is 16.0. The number of halogens is 1. The molecule has 1 amide bonds. The summed E-state index contributed by atoms with van der Waals surface area (Å²) in [6.07, 6.45) is 3.22. The molecule has 0 unspecified atom stereocenters. The van der Waals surface area contributed by atoms with Gasteiger partial charge in [0.25, 0.3) is 5.91 Å². The van der Waals surface area contributed by atoms with Crippen molar-refractivity contribution in [2.75, 3.05) is 6.61 Å². The van der Waals surface area contributed by atoms with Gasteiger partial charge in [0.05, 0.1) is 6.21 Å². The highest BCUT2D eigenvalue weighted by molar-refractivity contribution is 6.30. The van der Waals surface area contributed by atoms with E-state index in [9.17, 15) is 9.59 Å². The maximum absolute atomic E-state index is 11.9. The highest BCUT2D eigenvalue weighted by atomic mass is 35.5. The van der Waals surface area contributed by atoms with Gasteiger partial charge < -0.3 is 9.15 Å². The molecule has 0 aliphatic carbocycles. The molecule has 1 aromatic heterocycles. The number of nitrogens with one attached hydrogen (secondary N) is 1. The molecule has 0 aliphatic rings. The van der Waals surface area contributed by atoms with E-state index in [1.807, 2.05) is 13.0 Å². The number of hydrazone groups is 1. The van der Waals surface area contributed by atoms with Gasteiger partial charge >= 0.3 is 5.63 Å². The molecule has 0 saturated heterocycles. The molecular weight excluding hydrogens is 380 g/mol. The van der Waals surface area contributed by atoms with Crippen molar-refractivity contribution in [1.82, 2.24) is 5.43 Å². The van der Waals surface area contributed by atoms with Crippen LogP contribution in [0.15, 0.2) is 62.8 Å². The molecule has 0 bridgehead atoms. The lowest BCUT2D eigenvalue weighted by Gasteiger charge is -2.08. The Hall–Kier alpha value is -3.12. The second kappa shape index (κ2) is 9.19. The van der Waals surface area contributed by atoms with Crippen molar-refractivity contribution in [1.29, 1.82) is 0 Å². The van der Waals surface area contributed by atoms with Crippen molar-refractivity contribution in [3.05, 3.63) is 75.1 Å². The van der Waals surface area contributed by atoms with Crippen LogP contribution < -0.4 is 15.8 Å². The molecule has 3 rings (SSSR count). The summed E-state index contributed by atoms with van der Waals surface area (Å²) in [7, 11) is 0. The minimum absolute atomic E-state index is 0.220. The number of nitrogens with zero attached hydrogens (tertiary/aromatic N) is 1. The van der Waals surface area contributed by atoms with Gasteiger partial charge in [0, 0.05) is 22.5 Å². The van der Waals surface area contributed by atoms with Crippen molar-refractivity contribution in [3.8, 4) is 5.75 Å². The Morgan fingerprint density at radius 2 is 2.00 bits per heavy atom. The first-order valence-electron chi connectivity index (χ1n) is 8.82. The Bertz CT molecular complexity index is 1060. The molecule has 0 spiro atoms. The molecule has 144 valence electrons. The number of carbonyl (C=O) groups is 1. The van der Waals surface area contributed by atoms with Crippen molar-refractivity contribution in [3.63, 3.8) is 0 Å². The molecule has 0 fully saturated rings. The van der Waals surface area contributed by atoms with Crippen molar-refractivity contribution in [2.24, 2.45) is 5.10 Å². The number of hydrogen-bond acceptors (Lipinski definition) is 5. The number of benzene rings is 2. The van der Waals surface area contributed by atoms with Gasteiger partial charge in [0.2, 0.25) is 0 Å². The molecule has 0 radical (unpaired) electrons. The van der Waals surface area contributed by atoms with Gasteiger partial charge in [-0.1, -0.05) is 37.1 Å². The molecule has 7 heteroatoms. The maximum atomic E-state index is 11.9. The van der Waals surface area contributed by atoms with Gasteiger partial charge in [0.15, 0.2) is 6.61 Å². The quantitative estimate of drug-likeness (QED) is 0.371. The fourth-order valence-corrected chi connectivity index (χ4v) is 2.81. The highest BCUT2D eigenvalue weighted by Gasteiger charge is 2.08. The molecule has 0 saturated carbocycles. The average molecular weight is 399 g/mol. The molecule has 0 atom stereocenters. The van der Waals surface area contributed by atoms with Crippen LogP contribution in [0.2, 0.25) is 5.02 Å². The fraction of sp³-hybridized carbons (Fsp3) is 0.190. The summed E-state index contributed by atoms with van der Waals surface area (Å²) >= 11 is 5.81. The summed E-state index contributed by atoms with van der Waals surface area (Å²) in [5, 5.41) is 5.36. The molecule has 3 aromatic rings. The predicted octanol–water partition coefficient (Wildman–Crippen LogP) is 3.93. The van der Waals surface area contributed by atoms with E-state index in [-0.39, 0.29) is 6.61 Å². The first-order chi connectivity index (χ1) is 13.5. The minimum Gasteiger partial charge on any atom is -0.484 e. The van der Waals surface area contributed by atoms with E-state index in [4.69, 9.17) is 20.8 Å². The molecule has 0 aliphatic heterocycles. The Balaban J connectivity index is 1.60. The Kier molecular flexibility index (Phi) is 6.45. The van der Waals surface area contributed by atoms with E-state index in [1.54, 1.807) is 36.4 Å². The van der Waals surface area contributed by atoms with Gasteiger partial charge in [-0.2, -0.15) is 5.10 Å². The smallest absolute Gasteiger partial charge is 0.336 e. The van der Waals surface area contributed by atoms with Gasteiger partial charge in [-0.3, -0.25) is 4.79 Å². The number of fused-ring (bicyclic) bond motifs is 1. The van der Waals surface area contributed by atoms with Crippen LogP contribution in [-0.4, -0.2) is 18.7 Å². The van der Waals surface area contributed by atoms with Gasteiger partial charge in [0.1, 0.15) is 11.3 Å². The first-order valence-corrected chi connectivity index (χ1v) is 9.20. The SMILES string of the molecule is CCCc1cc(=O)oc2cc(OCC(=O)N/N=C\c3ccc(Cl)cc3)ccc12. The van der Waals surface area contributed by atoms with Crippen LogP contribution in [0.3, 0.4) is 0 Å². The topological polar surface area (TPSA) is 80.9 Å². The normalized spacial score (nSPS) is 11.1. The summed E-state index contributed by atoms with van der Waals surface area (Å²) in [5.41, 5.74) is 4.17. The number of hydrogen-bond donors (Lipinski definition) is 1. The van der Waals surface area contributed by atoms with Gasteiger partial charge in [-0.05, 0) is 41.8 Å². The van der Waals surface area contributed by atoms with Gasteiger partial charge in [-0.25, -0.2) is 10.2 Å². The summed E-state index contributed by atoms with van der Waals surface area (Å²) < 4.78 is 10.7. The predicted molar refractivity (Wildman–Crippen MR) is 109 cm³/mol. The molecule has 2 aromatic carbocycles. The lowest BCUT2D eigenvalue weighted by atomic mass is 10.1. The second-order valence-corrected chi connectivity index (χ2v) is 6.57. The summed E-state index contributed by atoms with van der Waals surface area (Å²) in [4.78, 5) is 23.6. The molecular formula is C21H19ClN2O4. The third-order valence-electron chi connectivity index (χ3n) is 3.96. The van der Waals surface area contributed by atoms with E-state index in [0.717, 1.165) is 29.4 Å². The molecule has 28 heavy (non-hydrogen) atoms. The van der Waals surface area contributed by atoms with E-state index in [1.165, 1.54) is 12.3 Å². The Labute approximate surface area is 166 Å².